The maximum atomic E-state index is 12.7. The van der Waals surface area contributed by atoms with Gasteiger partial charge in [0.2, 0.25) is 0 Å². The van der Waals surface area contributed by atoms with Crippen LogP contribution in [-0.4, -0.2) is 49.7 Å². The van der Waals surface area contributed by atoms with Gasteiger partial charge in [0.05, 0.1) is 14.2 Å². The highest BCUT2D eigenvalue weighted by Gasteiger charge is 2.30. The second kappa shape index (κ2) is 7.76. The number of amides is 1. The lowest BCUT2D eigenvalue weighted by atomic mass is 9.89. The lowest BCUT2D eigenvalue weighted by Crippen LogP contribution is -2.43. The minimum absolute atomic E-state index is 0.0739. The zero-order valence-corrected chi connectivity index (χ0v) is 15.6. The van der Waals surface area contributed by atoms with Crippen LogP contribution < -0.4 is 9.47 Å². The van der Waals surface area contributed by atoms with Gasteiger partial charge in [-0.15, -0.1) is 0 Å². The molecule has 138 valence electrons. The average Bonchev–Trinajstić information content (AvgIpc) is 2.59. The number of carbonyl (C=O) groups is 2. The smallest absolute Gasteiger partial charge is 0.410 e. The molecule has 0 aromatic heterocycles. The molecule has 2 rings (SSSR count). The molecular formula is C19H27NO5. The van der Waals surface area contributed by atoms with E-state index in [1.54, 1.807) is 37.3 Å². The third-order valence-electron chi connectivity index (χ3n) is 4.19. The molecule has 1 heterocycles. The zero-order valence-electron chi connectivity index (χ0n) is 15.6. The fraction of sp³-hybridized carbons (Fsp3) is 0.579. The summed E-state index contributed by atoms with van der Waals surface area (Å²) in [5, 5.41) is 0. The van der Waals surface area contributed by atoms with Gasteiger partial charge in [-0.05, 0) is 51.8 Å². The summed E-state index contributed by atoms with van der Waals surface area (Å²) < 4.78 is 15.8. The van der Waals surface area contributed by atoms with Crippen LogP contribution in [-0.2, 0) is 4.74 Å². The molecule has 1 saturated heterocycles. The number of rotatable bonds is 4. The Morgan fingerprint density at radius 1 is 1.04 bits per heavy atom. The number of methoxy groups -OCH3 is 2. The summed E-state index contributed by atoms with van der Waals surface area (Å²) in [4.78, 5) is 26.5. The molecule has 0 unspecified atom stereocenters. The first kappa shape index (κ1) is 19.1. The van der Waals surface area contributed by atoms with Gasteiger partial charge in [0.25, 0.3) is 0 Å². The third-order valence-corrected chi connectivity index (χ3v) is 4.19. The molecule has 6 nitrogen and oxygen atoms in total. The fourth-order valence-electron chi connectivity index (χ4n) is 2.88. The molecule has 0 atom stereocenters. The van der Waals surface area contributed by atoms with E-state index in [1.165, 1.54) is 0 Å². The van der Waals surface area contributed by atoms with E-state index in [9.17, 15) is 9.59 Å². The summed E-state index contributed by atoms with van der Waals surface area (Å²) in [5.74, 6) is 1.11. The maximum absolute atomic E-state index is 12.7. The Balaban J connectivity index is 1.98. The predicted octanol–water partition coefficient (Wildman–Crippen LogP) is 3.53. The van der Waals surface area contributed by atoms with E-state index < -0.39 is 5.60 Å². The number of likely N-dealkylation sites (tertiary alicyclic amines) is 1. The average molecular weight is 349 g/mol. The molecule has 0 bridgehead atoms. The van der Waals surface area contributed by atoms with Crippen molar-refractivity contribution in [2.75, 3.05) is 27.3 Å². The van der Waals surface area contributed by atoms with Gasteiger partial charge in [-0.2, -0.15) is 0 Å². The third kappa shape index (κ3) is 4.87. The number of Topliss-reactive ketones (excluding diaryl/α,β-unsaturated/α-hetero) is 1. The molecule has 1 aliphatic heterocycles. The molecule has 1 fully saturated rings. The van der Waals surface area contributed by atoms with Gasteiger partial charge < -0.3 is 19.1 Å². The summed E-state index contributed by atoms with van der Waals surface area (Å²) in [7, 11) is 3.11. The Bertz CT molecular complexity index is 627. The van der Waals surface area contributed by atoms with Crippen LogP contribution >= 0.6 is 0 Å². The first-order valence-electron chi connectivity index (χ1n) is 8.49. The van der Waals surface area contributed by atoms with E-state index >= 15 is 0 Å². The van der Waals surface area contributed by atoms with Crippen molar-refractivity contribution in [2.45, 2.75) is 39.2 Å². The first-order chi connectivity index (χ1) is 11.7. The van der Waals surface area contributed by atoms with Crippen LogP contribution in [0.25, 0.3) is 0 Å². The number of hydrogen-bond acceptors (Lipinski definition) is 5. The maximum Gasteiger partial charge on any atom is 0.410 e. The van der Waals surface area contributed by atoms with Crippen molar-refractivity contribution in [1.29, 1.82) is 0 Å². The normalized spacial score (nSPS) is 15.6. The lowest BCUT2D eigenvalue weighted by molar-refractivity contribution is 0.0182. The van der Waals surface area contributed by atoms with Gasteiger partial charge in [0, 0.05) is 24.6 Å². The number of carbonyl (C=O) groups excluding carboxylic acids is 2. The van der Waals surface area contributed by atoms with Crippen LogP contribution in [0, 0.1) is 5.92 Å². The Labute approximate surface area is 149 Å². The van der Waals surface area contributed by atoms with Crippen LogP contribution in [0.3, 0.4) is 0 Å². The highest BCUT2D eigenvalue weighted by Crippen LogP contribution is 2.30. The number of hydrogen-bond donors (Lipinski definition) is 0. The molecule has 6 heteroatoms. The summed E-state index contributed by atoms with van der Waals surface area (Å²) in [5.41, 5.74) is 0.0945. The molecule has 1 aromatic carbocycles. The molecular weight excluding hydrogens is 322 g/mol. The van der Waals surface area contributed by atoms with Crippen LogP contribution in [0.2, 0.25) is 0 Å². The molecule has 0 radical (unpaired) electrons. The van der Waals surface area contributed by atoms with Gasteiger partial charge in [-0.1, -0.05) is 0 Å². The van der Waals surface area contributed by atoms with Gasteiger partial charge >= 0.3 is 6.09 Å². The van der Waals surface area contributed by atoms with Gasteiger partial charge in [-0.3, -0.25) is 4.79 Å². The Kier molecular flexibility index (Phi) is 5.93. The van der Waals surface area contributed by atoms with Crippen molar-refractivity contribution in [3.05, 3.63) is 23.8 Å². The molecule has 1 aromatic rings. The van der Waals surface area contributed by atoms with E-state index in [0.29, 0.717) is 43.0 Å². The van der Waals surface area contributed by atoms with Crippen molar-refractivity contribution in [3.63, 3.8) is 0 Å². The summed E-state index contributed by atoms with van der Waals surface area (Å²) in [6.07, 6.45) is 0.947. The molecule has 0 N–H and O–H groups in total. The molecule has 1 aliphatic rings. The van der Waals surface area contributed by atoms with Gasteiger partial charge in [0.1, 0.15) is 5.60 Å². The van der Waals surface area contributed by atoms with Crippen molar-refractivity contribution < 1.29 is 23.8 Å². The summed E-state index contributed by atoms with van der Waals surface area (Å²) in [6.45, 7) is 6.59. The second-order valence-corrected chi connectivity index (χ2v) is 7.18. The molecule has 0 spiro atoms. The number of benzene rings is 1. The van der Waals surface area contributed by atoms with Crippen LogP contribution in [0.1, 0.15) is 44.0 Å². The number of ether oxygens (including phenoxy) is 3. The molecule has 0 aliphatic carbocycles. The van der Waals surface area contributed by atoms with E-state index in [4.69, 9.17) is 14.2 Å². The van der Waals surface area contributed by atoms with E-state index in [0.717, 1.165) is 0 Å². The summed E-state index contributed by atoms with van der Waals surface area (Å²) >= 11 is 0. The van der Waals surface area contributed by atoms with Gasteiger partial charge in [0.15, 0.2) is 17.3 Å². The summed E-state index contributed by atoms with van der Waals surface area (Å²) in [6, 6.07) is 5.20. The van der Waals surface area contributed by atoms with Crippen LogP contribution in [0.15, 0.2) is 18.2 Å². The van der Waals surface area contributed by atoms with Crippen molar-refractivity contribution in [1.82, 2.24) is 4.90 Å². The fourth-order valence-corrected chi connectivity index (χ4v) is 2.88. The number of ketones is 1. The molecule has 0 saturated carbocycles. The second-order valence-electron chi connectivity index (χ2n) is 7.18. The lowest BCUT2D eigenvalue weighted by Gasteiger charge is -2.33. The first-order valence-corrected chi connectivity index (χ1v) is 8.49. The molecule has 1 amide bonds. The highest BCUT2D eigenvalue weighted by molar-refractivity contribution is 5.98. The monoisotopic (exact) mass is 349 g/mol. The standard InChI is InChI=1S/C19H27NO5/c1-19(2,3)25-18(22)20-10-8-13(9-11-20)17(21)14-6-7-15(23-4)16(12-14)24-5/h6-7,12-13H,8-11H2,1-5H3. The highest BCUT2D eigenvalue weighted by atomic mass is 16.6. The Hall–Kier alpha value is -2.24. The molecule has 25 heavy (non-hydrogen) atoms. The quantitative estimate of drug-likeness (QED) is 0.778. The van der Waals surface area contributed by atoms with Gasteiger partial charge in [-0.25, -0.2) is 4.79 Å². The minimum Gasteiger partial charge on any atom is -0.493 e. The van der Waals surface area contributed by atoms with Crippen molar-refractivity contribution >= 4 is 11.9 Å². The van der Waals surface area contributed by atoms with Crippen LogP contribution in [0.5, 0.6) is 11.5 Å². The minimum atomic E-state index is -0.511. The number of nitrogens with zero attached hydrogens (tertiary/aromatic N) is 1. The predicted molar refractivity (Wildman–Crippen MR) is 94.4 cm³/mol. The largest absolute Gasteiger partial charge is 0.493 e. The number of piperidine rings is 1. The van der Waals surface area contributed by atoms with E-state index in [2.05, 4.69) is 0 Å². The topological polar surface area (TPSA) is 65.1 Å². The van der Waals surface area contributed by atoms with Crippen LogP contribution in [0.4, 0.5) is 4.79 Å². The zero-order chi connectivity index (χ0) is 18.6. The van der Waals surface area contributed by atoms with Crippen molar-refractivity contribution in [3.8, 4) is 11.5 Å². The van der Waals surface area contributed by atoms with E-state index in [1.807, 2.05) is 20.8 Å². The Morgan fingerprint density at radius 2 is 1.64 bits per heavy atom. The van der Waals surface area contributed by atoms with Crippen molar-refractivity contribution in [2.24, 2.45) is 5.92 Å². The SMILES string of the molecule is COc1ccc(C(=O)C2CCN(C(=O)OC(C)(C)C)CC2)cc1OC. The Morgan fingerprint density at radius 3 is 2.16 bits per heavy atom. The van der Waals surface area contributed by atoms with E-state index in [-0.39, 0.29) is 17.8 Å².